The maximum atomic E-state index is 13.1. The van der Waals surface area contributed by atoms with Crippen molar-refractivity contribution < 1.29 is 4.79 Å². The Balaban J connectivity index is 1.77. The van der Waals surface area contributed by atoms with Crippen molar-refractivity contribution in [3.63, 3.8) is 0 Å². The van der Waals surface area contributed by atoms with Gasteiger partial charge >= 0.3 is 0 Å². The fourth-order valence-electron chi connectivity index (χ4n) is 3.80. The summed E-state index contributed by atoms with van der Waals surface area (Å²) in [6, 6.07) is 10.8. The lowest BCUT2D eigenvalue weighted by Gasteiger charge is -2.34. The van der Waals surface area contributed by atoms with Crippen LogP contribution in [0.3, 0.4) is 0 Å². The zero-order valence-corrected chi connectivity index (χ0v) is 15.6. The predicted molar refractivity (Wildman–Crippen MR) is 101 cm³/mol. The van der Waals surface area contributed by atoms with Crippen LogP contribution in [0.2, 0.25) is 0 Å². The number of nitrogens with one attached hydrogen (secondary N) is 1. The topological polar surface area (TPSA) is 49.0 Å². The molecule has 1 heterocycles. The molecule has 1 amide bonds. The molecule has 0 radical (unpaired) electrons. The number of aromatic nitrogens is 2. The summed E-state index contributed by atoms with van der Waals surface area (Å²) in [5, 5.41) is 7.33. The Hall–Kier alpha value is -2.10. The Morgan fingerprint density at radius 2 is 2.08 bits per heavy atom. The summed E-state index contributed by atoms with van der Waals surface area (Å²) in [7, 11) is 0. The normalized spacial score (nSPS) is 16.7. The van der Waals surface area contributed by atoms with Crippen LogP contribution < -0.4 is 0 Å². The Kier molecular flexibility index (Phi) is 5.57. The van der Waals surface area contributed by atoms with Gasteiger partial charge in [0.05, 0.1) is 0 Å². The van der Waals surface area contributed by atoms with Crippen LogP contribution in [0.25, 0.3) is 0 Å². The molecule has 0 fully saturated rings. The zero-order chi connectivity index (χ0) is 17.8. The number of carbonyl (C=O) groups is 1. The number of fused-ring (bicyclic) bond motifs is 1. The van der Waals surface area contributed by atoms with Crippen LogP contribution in [0, 0.1) is 5.92 Å². The van der Waals surface area contributed by atoms with E-state index in [9.17, 15) is 4.79 Å². The van der Waals surface area contributed by atoms with Gasteiger partial charge in [-0.1, -0.05) is 45.0 Å². The Labute approximate surface area is 150 Å². The molecule has 2 aromatic rings. The molecule has 1 aromatic heterocycles. The molecule has 4 heteroatoms. The minimum absolute atomic E-state index is 0.0671. The van der Waals surface area contributed by atoms with Crippen molar-refractivity contribution in [1.29, 1.82) is 0 Å². The second-order valence-electron chi connectivity index (χ2n) is 7.54. The molecule has 25 heavy (non-hydrogen) atoms. The standard InChI is InChI=1S/C21H29N3O/c1-4-11-24(19-10-9-16-7-5-6-8-17(16)13-19)21(25)20-14-18(22-23-20)12-15(2)3/h5-8,14-15,19H,4,9-13H2,1-3H3,(H,22,23). The summed E-state index contributed by atoms with van der Waals surface area (Å²) in [5.41, 5.74) is 4.42. The van der Waals surface area contributed by atoms with Crippen molar-refractivity contribution in [3.05, 3.63) is 52.8 Å². The molecule has 1 N–H and O–H groups in total. The van der Waals surface area contributed by atoms with E-state index < -0.39 is 0 Å². The van der Waals surface area contributed by atoms with Gasteiger partial charge < -0.3 is 4.90 Å². The number of nitrogens with zero attached hydrogens (tertiary/aromatic N) is 2. The Bertz CT molecular complexity index is 719. The first-order valence-corrected chi connectivity index (χ1v) is 9.50. The zero-order valence-electron chi connectivity index (χ0n) is 15.6. The van der Waals surface area contributed by atoms with Crippen molar-refractivity contribution in [3.8, 4) is 0 Å². The van der Waals surface area contributed by atoms with Gasteiger partial charge in [-0.3, -0.25) is 9.89 Å². The van der Waals surface area contributed by atoms with E-state index in [2.05, 4.69) is 55.2 Å². The second kappa shape index (κ2) is 7.85. The van der Waals surface area contributed by atoms with Gasteiger partial charge in [0.2, 0.25) is 0 Å². The lowest BCUT2D eigenvalue weighted by molar-refractivity contribution is 0.0655. The van der Waals surface area contributed by atoms with Crippen molar-refractivity contribution in [1.82, 2.24) is 15.1 Å². The highest BCUT2D eigenvalue weighted by Crippen LogP contribution is 2.25. The van der Waals surface area contributed by atoms with Crippen LogP contribution in [-0.2, 0) is 19.3 Å². The molecule has 1 atom stereocenters. The first kappa shape index (κ1) is 17.7. The van der Waals surface area contributed by atoms with E-state index in [1.165, 1.54) is 11.1 Å². The summed E-state index contributed by atoms with van der Waals surface area (Å²) in [4.78, 5) is 15.1. The SMILES string of the molecule is CCCN(C(=O)c1cc(CC(C)C)[nH]n1)C1CCc2ccccc2C1. The van der Waals surface area contributed by atoms with E-state index in [1.807, 2.05) is 11.0 Å². The quantitative estimate of drug-likeness (QED) is 0.864. The minimum Gasteiger partial charge on any atom is -0.334 e. The van der Waals surface area contributed by atoms with Crippen LogP contribution in [0.1, 0.15) is 60.9 Å². The maximum absolute atomic E-state index is 13.1. The summed E-state index contributed by atoms with van der Waals surface area (Å²) in [6.07, 6.45) is 4.92. The van der Waals surface area contributed by atoms with Gasteiger partial charge in [0, 0.05) is 18.3 Å². The van der Waals surface area contributed by atoms with Crippen molar-refractivity contribution in [2.75, 3.05) is 6.54 Å². The number of benzene rings is 1. The fraction of sp³-hybridized carbons (Fsp3) is 0.524. The van der Waals surface area contributed by atoms with Gasteiger partial charge in [-0.2, -0.15) is 5.10 Å². The van der Waals surface area contributed by atoms with Gasteiger partial charge in [0.1, 0.15) is 5.69 Å². The molecule has 134 valence electrons. The fourth-order valence-corrected chi connectivity index (χ4v) is 3.80. The average molecular weight is 339 g/mol. The lowest BCUT2D eigenvalue weighted by Crippen LogP contribution is -2.44. The van der Waals surface area contributed by atoms with Gasteiger partial charge in [-0.05, 0) is 55.2 Å². The van der Waals surface area contributed by atoms with E-state index in [0.29, 0.717) is 11.6 Å². The van der Waals surface area contributed by atoms with Crippen LogP contribution >= 0.6 is 0 Å². The highest BCUT2D eigenvalue weighted by molar-refractivity contribution is 5.92. The van der Waals surface area contributed by atoms with Crippen molar-refractivity contribution in [2.24, 2.45) is 5.92 Å². The molecule has 0 spiro atoms. The highest BCUT2D eigenvalue weighted by Gasteiger charge is 2.29. The van der Waals surface area contributed by atoms with Crippen LogP contribution in [0.5, 0.6) is 0 Å². The van der Waals surface area contributed by atoms with Crippen molar-refractivity contribution in [2.45, 2.75) is 58.9 Å². The van der Waals surface area contributed by atoms with E-state index >= 15 is 0 Å². The molecule has 1 unspecified atom stereocenters. The van der Waals surface area contributed by atoms with E-state index in [0.717, 1.165) is 44.3 Å². The summed E-state index contributed by atoms with van der Waals surface area (Å²) in [6.45, 7) is 7.26. The third-order valence-electron chi connectivity index (χ3n) is 4.97. The molecule has 0 saturated carbocycles. The second-order valence-corrected chi connectivity index (χ2v) is 7.54. The molecule has 0 aliphatic heterocycles. The summed E-state index contributed by atoms with van der Waals surface area (Å²) in [5.74, 6) is 0.613. The minimum atomic E-state index is 0.0671. The molecule has 0 bridgehead atoms. The molecule has 0 saturated heterocycles. The summed E-state index contributed by atoms with van der Waals surface area (Å²) < 4.78 is 0. The monoisotopic (exact) mass is 339 g/mol. The molecule has 4 nitrogen and oxygen atoms in total. The summed E-state index contributed by atoms with van der Waals surface area (Å²) >= 11 is 0. The van der Waals surface area contributed by atoms with Gasteiger partial charge in [-0.25, -0.2) is 0 Å². The molecule has 3 rings (SSSR count). The van der Waals surface area contributed by atoms with Gasteiger partial charge in [0.15, 0.2) is 0 Å². The van der Waals surface area contributed by atoms with Crippen LogP contribution in [-0.4, -0.2) is 33.6 Å². The number of carbonyl (C=O) groups excluding carboxylic acids is 1. The largest absolute Gasteiger partial charge is 0.334 e. The molecular formula is C21H29N3O. The molecule has 1 aliphatic rings. The predicted octanol–water partition coefficient (Wildman–Crippen LogP) is 4.02. The first-order chi connectivity index (χ1) is 12.1. The van der Waals surface area contributed by atoms with Gasteiger partial charge in [-0.15, -0.1) is 0 Å². The number of H-pyrrole nitrogens is 1. The molecular weight excluding hydrogens is 310 g/mol. The number of aromatic amines is 1. The van der Waals surface area contributed by atoms with Crippen LogP contribution in [0.4, 0.5) is 0 Å². The molecule has 1 aromatic carbocycles. The lowest BCUT2D eigenvalue weighted by atomic mass is 9.87. The Morgan fingerprint density at radius 1 is 1.32 bits per heavy atom. The smallest absolute Gasteiger partial charge is 0.274 e. The van der Waals surface area contributed by atoms with Gasteiger partial charge in [0.25, 0.3) is 5.91 Å². The van der Waals surface area contributed by atoms with Crippen LogP contribution in [0.15, 0.2) is 30.3 Å². The third-order valence-corrected chi connectivity index (χ3v) is 4.97. The first-order valence-electron chi connectivity index (χ1n) is 9.50. The number of hydrogen-bond donors (Lipinski definition) is 1. The van der Waals surface area contributed by atoms with E-state index in [-0.39, 0.29) is 11.9 Å². The number of aryl methyl sites for hydroxylation is 1. The number of hydrogen-bond acceptors (Lipinski definition) is 2. The van der Waals surface area contributed by atoms with Crippen molar-refractivity contribution >= 4 is 5.91 Å². The number of rotatable bonds is 6. The average Bonchev–Trinajstić information content (AvgIpc) is 3.06. The van der Waals surface area contributed by atoms with E-state index in [4.69, 9.17) is 0 Å². The Morgan fingerprint density at radius 3 is 2.80 bits per heavy atom. The molecule has 1 aliphatic carbocycles. The van der Waals surface area contributed by atoms with E-state index in [1.54, 1.807) is 0 Å². The third kappa shape index (κ3) is 4.12. The number of amides is 1. The maximum Gasteiger partial charge on any atom is 0.274 e. The highest BCUT2D eigenvalue weighted by atomic mass is 16.2.